The van der Waals surface area contributed by atoms with Crippen LogP contribution in [-0.2, 0) is 4.74 Å². The predicted octanol–water partition coefficient (Wildman–Crippen LogP) is 4.42. The Morgan fingerprint density at radius 2 is 2.00 bits per heavy atom. The average molecular weight is 419 g/mol. The van der Waals surface area contributed by atoms with Crippen LogP contribution in [0.25, 0.3) is 16.9 Å². The van der Waals surface area contributed by atoms with Crippen molar-refractivity contribution in [1.29, 1.82) is 0 Å². The molecule has 3 aromatic rings. The Kier molecular flexibility index (Phi) is 5.26. The van der Waals surface area contributed by atoms with Gasteiger partial charge in [-0.15, -0.1) is 0 Å². The van der Waals surface area contributed by atoms with Gasteiger partial charge in [0.05, 0.1) is 23.5 Å². The summed E-state index contributed by atoms with van der Waals surface area (Å²) in [6.07, 6.45) is 10.5. The van der Waals surface area contributed by atoms with E-state index in [9.17, 15) is 4.79 Å². The second-order valence-corrected chi connectivity index (χ2v) is 9.32. The molecular formula is C25H30N4O2. The van der Waals surface area contributed by atoms with Crippen LogP contribution in [0.3, 0.4) is 0 Å². The number of fused-ring (bicyclic) bond motifs is 3. The number of ether oxygens (including phenoxy) is 1. The van der Waals surface area contributed by atoms with Gasteiger partial charge in [-0.05, 0) is 82.6 Å². The number of hydrogen-bond donors (Lipinski definition) is 1. The maximum absolute atomic E-state index is 13.3. The van der Waals surface area contributed by atoms with Crippen LogP contribution in [0.5, 0.6) is 0 Å². The highest BCUT2D eigenvalue weighted by Crippen LogP contribution is 2.43. The zero-order valence-electron chi connectivity index (χ0n) is 18.4. The SMILES string of the molecule is Cc1cc(-c2cccnc2)nc2c(C(=O)NC3C4CCC3CC(OC(C)C)C4)ccn12. The molecule has 31 heavy (non-hydrogen) atoms. The molecule has 2 saturated carbocycles. The Bertz CT molecular complexity index is 1080. The molecule has 2 fully saturated rings. The van der Waals surface area contributed by atoms with Gasteiger partial charge in [0.2, 0.25) is 0 Å². The minimum absolute atomic E-state index is 0.0251. The molecule has 3 heterocycles. The zero-order valence-corrected chi connectivity index (χ0v) is 18.4. The van der Waals surface area contributed by atoms with E-state index in [1.165, 1.54) is 12.8 Å². The highest BCUT2D eigenvalue weighted by atomic mass is 16.5. The molecule has 0 radical (unpaired) electrons. The fourth-order valence-electron chi connectivity index (χ4n) is 5.51. The van der Waals surface area contributed by atoms with Crippen LogP contribution in [-0.4, -0.2) is 38.5 Å². The predicted molar refractivity (Wildman–Crippen MR) is 120 cm³/mol. The second kappa shape index (κ2) is 8.08. The number of carbonyl (C=O) groups is 1. The third-order valence-corrected chi connectivity index (χ3v) is 6.83. The summed E-state index contributed by atoms with van der Waals surface area (Å²) >= 11 is 0. The van der Waals surface area contributed by atoms with E-state index in [4.69, 9.17) is 9.72 Å². The molecule has 162 valence electrons. The highest BCUT2D eigenvalue weighted by Gasteiger charge is 2.44. The summed E-state index contributed by atoms with van der Waals surface area (Å²) in [5, 5.41) is 3.37. The quantitative estimate of drug-likeness (QED) is 0.666. The van der Waals surface area contributed by atoms with Crippen molar-refractivity contribution in [3.05, 3.63) is 54.1 Å². The molecule has 2 aliphatic carbocycles. The van der Waals surface area contributed by atoms with E-state index < -0.39 is 0 Å². The molecule has 2 aliphatic rings. The molecule has 6 nitrogen and oxygen atoms in total. The number of aromatic nitrogens is 3. The van der Waals surface area contributed by atoms with Gasteiger partial charge in [0, 0.05) is 35.9 Å². The van der Waals surface area contributed by atoms with Crippen LogP contribution in [0.1, 0.15) is 55.6 Å². The molecule has 0 spiro atoms. The van der Waals surface area contributed by atoms with E-state index in [0.29, 0.717) is 29.2 Å². The standard InChI is InChI=1S/C25H30N4O2/c1-15(2)31-20-12-17-6-7-18(13-20)23(17)28-25(30)21-8-10-29-16(3)11-22(27-24(21)29)19-5-4-9-26-14-19/h4-5,8-11,14-15,17-18,20,23H,6-7,12-13H2,1-3H3,(H,28,30). The Hall–Kier alpha value is -2.73. The zero-order chi connectivity index (χ0) is 21.5. The average Bonchev–Trinajstić information content (AvgIpc) is 3.27. The Morgan fingerprint density at radius 3 is 2.68 bits per heavy atom. The fourth-order valence-corrected chi connectivity index (χ4v) is 5.51. The van der Waals surface area contributed by atoms with Gasteiger partial charge in [0.25, 0.3) is 5.91 Å². The minimum atomic E-state index is -0.0251. The smallest absolute Gasteiger partial charge is 0.255 e. The molecule has 1 N–H and O–H groups in total. The summed E-state index contributed by atoms with van der Waals surface area (Å²) in [6, 6.07) is 8.03. The van der Waals surface area contributed by atoms with E-state index in [2.05, 4.69) is 24.1 Å². The number of carbonyl (C=O) groups excluding carboxylic acids is 1. The number of aryl methyl sites for hydroxylation is 1. The van der Waals surface area contributed by atoms with Crippen LogP contribution in [0.2, 0.25) is 0 Å². The van der Waals surface area contributed by atoms with E-state index in [-0.39, 0.29) is 18.1 Å². The first-order valence-electron chi connectivity index (χ1n) is 11.3. The first-order valence-corrected chi connectivity index (χ1v) is 11.3. The van der Waals surface area contributed by atoms with Gasteiger partial charge < -0.3 is 14.5 Å². The van der Waals surface area contributed by atoms with Crippen molar-refractivity contribution in [2.75, 3.05) is 0 Å². The van der Waals surface area contributed by atoms with Crippen LogP contribution in [0, 0.1) is 18.8 Å². The van der Waals surface area contributed by atoms with Crippen molar-refractivity contribution in [1.82, 2.24) is 19.7 Å². The number of nitrogens with zero attached hydrogens (tertiary/aromatic N) is 3. The summed E-state index contributed by atoms with van der Waals surface area (Å²) in [6.45, 7) is 6.23. The fraction of sp³-hybridized carbons (Fsp3) is 0.480. The molecule has 3 aromatic heterocycles. The number of pyridine rings is 1. The van der Waals surface area contributed by atoms with E-state index in [1.54, 1.807) is 12.4 Å². The molecule has 2 atom stereocenters. The van der Waals surface area contributed by atoms with Gasteiger partial charge in [-0.3, -0.25) is 9.78 Å². The Morgan fingerprint density at radius 1 is 1.23 bits per heavy atom. The molecule has 2 unspecified atom stereocenters. The molecular weight excluding hydrogens is 388 g/mol. The molecule has 0 saturated heterocycles. The van der Waals surface area contributed by atoms with Gasteiger partial charge in [-0.1, -0.05) is 0 Å². The van der Waals surface area contributed by atoms with Crippen LogP contribution < -0.4 is 5.32 Å². The number of amides is 1. The summed E-state index contributed by atoms with van der Waals surface area (Å²) < 4.78 is 8.08. The topological polar surface area (TPSA) is 68.5 Å². The summed E-state index contributed by atoms with van der Waals surface area (Å²) in [4.78, 5) is 22.3. The summed E-state index contributed by atoms with van der Waals surface area (Å²) in [5.74, 6) is 0.977. The molecule has 0 aliphatic heterocycles. The van der Waals surface area contributed by atoms with Crippen molar-refractivity contribution >= 4 is 11.6 Å². The Labute approximate surface area is 183 Å². The maximum Gasteiger partial charge on any atom is 0.255 e. The van der Waals surface area contributed by atoms with Crippen LogP contribution in [0.4, 0.5) is 0 Å². The molecule has 0 aromatic carbocycles. The minimum Gasteiger partial charge on any atom is -0.376 e. The van der Waals surface area contributed by atoms with Crippen LogP contribution in [0.15, 0.2) is 42.9 Å². The lowest BCUT2D eigenvalue weighted by Gasteiger charge is -2.36. The second-order valence-electron chi connectivity index (χ2n) is 9.32. The lowest BCUT2D eigenvalue weighted by Crippen LogP contribution is -2.47. The van der Waals surface area contributed by atoms with Gasteiger partial charge in [-0.25, -0.2) is 4.98 Å². The van der Waals surface area contributed by atoms with Crippen LogP contribution >= 0.6 is 0 Å². The number of rotatable bonds is 5. The normalized spacial score (nSPS) is 25.3. The van der Waals surface area contributed by atoms with Gasteiger partial charge in [-0.2, -0.15) is 0 Å². The maximum atomic E-state index is 13.3. The van der Waals surface area contributed by atoms with E-state index in [0.717, 1.165) is 29.8 Å². The summed E-state index contributed by atoms with van der Waals surface area (Å²) in [5.41, 5.74) is 4.14. The third-order valence-electron chi connectivity index (χ3n) is 6.83. The molecule has 1 amide bonds. The van der Waals surface area contributed by atoms with Crippen molar-refractivity contribution in [3.63, 3.8) is 0 Å². The van der Waals surface area contributed by atoms with Gasteiger partial charge in [0.1, 0.15) is 5.65 Å². The molecule has 6 heteroatoms. The first kappa shape index (κ1) is 20.2. The molecule has 5 rings (SSSR count). The lowest BCUT2D eigenvalue weighted by atomic mass is 9.82. The molecule has 2 bridgehead atoms. The highest BCUT2D eigenvalue weighted by molar-refractivity contribution is 6.00. The largest absolute Gasteiger partial charge is 0.376 e. The number of nitrogens with one attached hydrogen (secondary N) is 1. The van der Waals surface area contributed by atoms with Gasteiger partial charge >= 0.3 is 0 Å². The van der Waals surface area contributed by atoms with Crippen molar-refractivity contribution in [2.45, 2.75) is 64.7 Å². The van der Waals surface area contributed by atoms with Crippen molar-refractivity contribution in [2.24, 2.45) is 11.8 Å². The van der Waals surface area contributed by atoms with E-state index in [1.807, 2.05) is 41.8 Å². The lowest BCUT2D eigenvalue weighted by molar-refractivity contribution is -0.0335. The third kappa shape index (κ3) is 3.85. The van der Waals surface area contributed by atoms with Crippen molar-refractivity contribution in [3.8, 4) is 11.3 Å². The Balaban J connectivity index is 1.39. The van der Waals surface area contributed by atoms with Crippen molar-refractivity contribution < 1.29 is 9.53 Å². The first-order chi connectivity index (χ1) is 15.0. The summed E-state index contributed by atoms with van der Waals surface area (Å²) in [7, 11) is 0. The number of hydrogen-bond acceptors (Lipinski definition) is 4. The monoisotopic (exact) mass is 418 g/mol. The van der Waals surface area contributed by atoms with E-state index >= 15 is 0 Å². The van der Waals surface area contributed by atoms with Gasteiger partial charge in [0.15, 0.2) is 0 Å².